The molecule has 0 spiro atoms. The van der Waals surface area contributed by atoms with Gasteiger partial charge in [0.15, 0.2) is 12.2 Å². The van der Waals surface area contributed by atoms with Crippen LogP contribution in [0.25, 0.3) is 0 Å². The molecule has 0 aliphatic heterocycles. The summed E-state index contributed by atoms with van der Waals surface area (Å²) in [5.74, 6) is -1.37. The number of rotatable bonds is 69. The number of hydrogen-bond donors (Lipinski definition) is 3. The van der Waals surface area contributed by atoms with Crippen molar-refractivity contribution in [1.29, 1.82) is 0 Å². The Labute approximate surface area is 537 Å². The molecule has 0 amide bonds. The predicted octanol–water partition coefficient (Wildman–Crippen LogP) is 19.7. The van der Waals surface area contributed by atoms with Crippen molar-refractivity contribution in [2.24, 2.45) is 5.92 Å². The van der Waals surface area contributed by atoms with E-state index in [0.717, 1.165) is 109 Å². The monoisotopic (exact) mass is 1300 g/mol. The average Bonchev–Trinajstić information content (AvgIpc) is 3.56. The molecule has 0 aliphatic rings. The van der Waals surface area contributed by atoms with Crippen LogP contribution < -0.4 is 0 Å². The van der Waals surface area contributed by atoms with Crippen molar-refractivity contribution in [3.63, 3.8) is 0 Å². The van der Waals surface area contributed by atoms with E-state index in [1.54, 1.807) is 0 Å². The zero-order valence-electron chi connectivity index (χ0n) is 56.9. The van der Waals surface area contributed by atoms with Gasteiger partial charge in [-0.05, 0) is 31.6 Å². The second-order valence-electron chi connectivity index (χ2n) is 25.4. The molecule has 0 saturated heterocycles. The van der Waals surface area contributed by atoms with Gasteiger partial charge in [0, 0.05) is 25.7 Å². The Morgan fingerprint density at radius 1 is 0.307 bits per heavy atom. The molecule has 0 aliphatic carbocycles. The topological polar surface area (TPSA) is 237 Å². The van der Waals surface area contributed by atoms with E-state index in [-0.39, 0.29) is 25.7 Å². The normalized spacial score (nSPS) is 14.1. The van der Waals surface area contributed by atoms with Gasteiger partial charge >= 0.3 is 39.5 Å². The van der Waals surface area contributed by atoms with E-state index in [2.05, 4.69) is 34.6 Å². The van der Waals surface area contributed by atoms with E-state index in [1.165, 1.54) is 167 Å². The minimum atomic E-state index is -4.95. The van der Waals surface area contributed by atoms with E-state index in [0.29, 0.717) is 25.7 Å². The third-order valence-electron chi connectivity index (χ3n) is 16.0. The molecule has 0 fully saturated rings. The highest BCUT2D eigenvalue weighted by atomic mass is 31.2. The molecule has 0 radical (unpaired) electrons. The summed E-state index contributed by atoms with van der Waals surface area (Å²) in [7, 11) is -9.88. The average molecular weight is 1300 g/mol. The maximum atomic E-state index is 13.0. The molecule has 0 bridgehead atoms. The van der Waals surface area contributed by atoms with Gasteiger partial charge < -0.3 is 33.8 Å². The highest BCUT2D eigenvalue weighted by Gasteiger charge is 2.30. The number of ether oxygens (including phenoxy) is 4. The quantitative estimate of drug-likeness (QED) is 0.0222. The van der Waals surface area contributed by atoms with Gasteiger partial charge in [0.1, 0.15) is 19.3 Å². The number of aliphatic hydroxyl groups excluding tert-OH is 1. The predicted molar refractivity (Wildman–Crippen MR) is 354 cm³/mol. The van der Waals surface area contributed by atoms with Crippen LogP contribution in [0.3, 0.4) is 0 Å². The third-order valence-corrected chi connectivity index (χ3v) is 17.9. The Kier molecular flexibility index (Phi) is 61.1. The highest BCUT2D eigenvalue weighted by molar-refractivity contribution is 7.47. The largest absolute Gasteiger partial charge is 0.472 e. The molecule has 0 aromatic heterocycles. The number of hydrogen-bond acceptors (Lipinski definition) is 15. The van der Waals surface area contributed by atoms with Gasteiger partial charge in [-0.2, -0.15) is 0 Å². The number of carbonyl (C=O) groups excluding carboxylic acids is 4. The summed E-state index contributed by atoms with van der Waals surface area (Å²) < 4.78 is 67.9. The highest BCUT2D eigenvalue weighted by Crippen LogP contribution is 2.45. The molecular weight excluding hydrogens is 1160 g/mol. The molecule has 17 nitrogen and oxygen atoms in total. The molecule has 0 rings (SSSR count). The molecule has 2 unspecified atom stereocenters. The maximum absolute atomic E-state index is 13.0. The van der Waals surface area contributed by atoms with Gasteiger partial charge in [-0.15, -0.1) is 0 Å². The maximum Gasteiger partial charge on any atom is 0.472 e. The lowest BCUT2D eigenvalue weighted by molar-refractivity contribution is -0.161. The Morgan fingerprint density at radius 3 is 0.773 bits per heavy atom. The smallest absolute Gasteiger partial charge is 0.462 e. The van der Waals surface area contributed by atoms with Gasteiger partial charge in [-0.25, -0.2) is 9.13 Å². The van der Waals surface area contributed by atoms with Gasteiger partial charge in [0.2, 0.25) is 0 Å². The molecule has 0 aromatic carbocycles. The van der Waals surface area contributed by atoms with Crippen molar-refractivity contribution in [2.45, 2.75) is 374 Å². The first-order valence-corrected chi connectivity index (χ1v) is 39.1. The van der Waals surface area contributed by atoms with E-state index in [1.807, 2.05) is 0 Å². The number of aliphatic hydroxyl groups is 1. The molecule has 522 valence electrons. The van der Waals surface area contributed by atoms with Crippen LogP contribution in [0.5, 0.6) is 0 Å². The van der Waals surface area contributed by atoms with Crippen LogP contribution >= 0.6 is 15.6 Å². The standard InChI is InChI=1S/C69H134O17P2/c1-6-9-12-15-17-19-20-21-22-23-24-25-26-27-28-29-32-36-40-45-50-55-69(74)86-65(59-80-67(72)53-48-43-39-35-33-30-31-34-37-42-46-51-62(4)5)61-84-88(77,78)82-57-63(70)56-81-87(75,76)83-60-64(58-79-66(71)52-47-41-14-11-8-3)85-68(73)54-49-44-38-18-16-13-10-7-2/h62-65,70H,6-61H2,1-5H3,(H,75,76)(H,77,78)/t63-,64+,65+/m0/s1. The summed E-state index contributed by atoms with van der Waals surface area (Å²) in [6.45, 7) is 7.12. The van der Waals surface area contributed by atoms with Gasteiger partial charge in [-0.3, -0.25) is 37.3 Å². The van der Waals surface area contributed by atoms with E-state index >= 15 is 0 Å². The molecule has 0 saturated carbocycles. The molecule has 5 atom stereocenters. The summed E-state index contributed by atoms with van der Waals surface area (Å²) in [5, 5.41) is 10.5. The van der Waals surface area contributed by atoms with E-state index in [9.17, 15) is 43.2 Å². The van der Waals surface area contributed by atoms with Gasteiger partial charge in [0.25, 0.3) is 0 Å². The Bertz CT molecular complexity index is 1700. The van der Waals surface area contributed by atoms with Crippen molar-refractivity contribution in [3.05, 3.63) is 0 Å². The van der Waals surface area contributed by atoms with Crippen LogP contribution in [0.2, 0.25) is 0 Å². The molecule has 19 heteroatoms. The third kappa shape index (κ3) is 62.8. The minimum Gasteiger partial charge on any atom is -0.462 e. The van der Waals surface area contributed by atoms with Crippen LogP contribution in [0.4, 0.5) is 0 Å². The first kappa shape index (κ1) is 86.1. The fourth-order valence-corrected chi connectivity index (χ4v) is 12.0. The van der Waals surface area contributed by atoms with Crippen LogP contribution in [-0.2, 0) is 65.4 Å². The lowest BCUT2D eigenvalue weighted by Crippen LogP contribution is -2.30. The summed E-state index contributed by atoms with van der Waals surface area (Å²) in [4.78, 5) is 72.1. The fourth-order valence-electron chi connectivity index (χ4n) is 10.5. The molecular formula is C69H134O17P2. The van der Waals surface area contributed by atoms with Crippen LogP contribution in [0, 0.1) is 5.92 Å². The number of esters is 4. The number of phosphoric ester groups is 2. The van der Waals surface area contributed by atoms with Crippen molar-refractivity contribution in [2.75, 3.05) is 39.6 Å². The second-order valence-corrected chi connectivity index (χ2v) is 28.3. The van der Waals surface area contributed by atoms with Crippen molar-refractivity contribution < 1.29 is 80.2 Å². The lowest BCUT2D eigenvalue weighted by Gasteiger charge is -2.21. The van der Waals surface area contributed by atoms with Gasteiger partial charge in [0.05, 0.1) is 26.4 Å². The summed E-state index contributed by atoms with van der Waals surface area (Å²) in [6, 6.07) is 0. The number of unbranched alkanes of at least 4 members (excludes halogenated alkanes) is 41. The zero-order valence-corrected chi connectivity index (χ0v) is 58.6. The zero-order chi connectivity index (χ0) is 64.9. The summed E-state index contributed by atoms with van der Waals surface area (Å²) >= 11 is 0. The van der Waals surface area contributed by atoms with Crippen molar-refractivity contribution >= 4 is 39.5 Å². The lowest BCUT2D eigenvalue weighted by atomic mass is 10.0. The minimum absolute atomic E-state index is 0.104. The fraction of sp³-hybridized carbons (Fsp3) is 0.942. The number of carbonyl (C=O) groups is 4. The Hall–Kier alpha value is -1.94. The van der Waals surface area contributed by atoms with Crippen LogP contribution in [0.1, 0.15) is 356 Å². The first-order chi connectivity index (χ1) is 42.5. The van der Waals surface area contributed by atoms with Crippen LogP contribution in [0.15, 0.2) is 0 Å². The molecule has 3 N–H and O–H groups in total. The summed E-state index contributed by atoms with van der Waals surface area (Å²) in [5.41, 5.74) is 0. The SMILES string of the molecule is CCCCCCCCCCCCCCCCCCCCCCCC(=O)O[C@H](COC(=O)CCCCCCCCCCCCCC(C)C)COP(=O)(O)OC[C@@H](O)COP(=O)(O)OC[C@@H](COC(=O)CCCCCCC)OC(=O)CCCCCCCCCC. The molecule has 0 heterocycles. The molecule has 88 heavy (non-hydrogen) atoms. The molecule has 0 aromatic rings. The van der Waals surface area contributed by atoms with Gasteiger partial charge in [-0.1, -0.05) is 304 Å². The number of phosphoric acid groups is 2. The second kappa shape index (κ2) is 62.5. The Balaban J connectivity index is 5.09. The van der Waals surface area contributed by atoms with Crippen LogP contribution in [-0.4, -0.2) is 96.7 Å². The van der Waals surface area contributed by atoms with E-state index < -0.39 is 97.5 Å². The first-order valence-electron chi connectivity index (χ1n) is 36.1. The van der Waals surface area contributed by atoms with Crippen molar-refractivity contribution in [3.8, 4) is 0 Å². The van der Waals surface area contributed by atoms with Crippen molar-refractivity contribution in [1.82, 2.24) is 0 Å². The Morgan fingerprint density at radius 2 is 0.523 bits per heavy atom. The van der Waals surface area contributed by atoms with E-state index in [4.69, 9.17) is 37.0 Å². The summed E-state index contributed by atoms with van der Waals surface area (Å²) in [6.07, 6.45) is 49.2.